The molecule has 0 radical (unpaired) electrons. The number of nitrogens with one attached hydrogen (secondary N) is 1. The molecule has 0 aliphatic rings. The SMILES string of the molecule is CC(C)c1ccc(-n2cc(-c3ccccc3)nc2NC(=O)CN(CCN(C)C)C(=O)c2ccccc2)cc1. The molecule has 0 unspecified atom stereocenters. The van der Waals surface area contributed by atoms with Crippen molar-refractivity contribution in [3.63, 3.8) is 0 Å². The first-order valence-corrected chi connectivity index (χ1v) is 12.9. The van der Waals surface area contributed by atoms with Crippen LogP contribution < -0.4 is 5.32 Å². The van der Waals surface area contributed by atoms with E-state index < -0.39 is 0 Å². The predicted octanol–water partition coefficient (Wildman–Crippen LogP) is 5.31. The van der Waals surface area contributed by atoms with Gasteiger partial charge in [0.25, 0.3) is 5.91 Å². The van der Waals surface area contributed by atoms with Crippen molar-refractivity contribution in [2.75, 3.05) is 39.0 Å². The minimum absolute atomic E-state index is 0.0820. The molecule has 0 aliphatic heterocycles. The van der Waals surface area contributed by atoms with Crippen LogP contribution in [0.25, 0.3) is 16.9 Å². The lowest BCUT2D eigenvalue weighted by atomic mass is 10.0. The molecule has 3 aromatic carbocycles. The van der Waals surface area contributed by atoms with Crippen LogP contribution in [0.1, 0.15) is 35.7 Å². The molecule has 0 saturated carbocycles. The van der Waals surface area contributed by atoms with Gasteiger partial charge in [0.05, 0.1) is 5.69 Å². The van der Waals surface area contributed by atoms with E-state index in [1.54, 1.807) is 17.0 Å². The summed E-state index contributed by atoms with van der Waals surface area (Å²) in [6, 6.07) is 27.1. The van der Waals surface area contributed by atoms with Crippen molar-refractivity contribution in [3.05, 3.63) is 102 Å². The molecule has 0 fully saturated rings. The highest BCUT2D eigenvalue weighted by Gasteiger charge is 2.21. The summed E-state index contributed by atoms with van der Waals surface area (Å²) in [6.45, 7) is 5.30. The van der Waals surface area contributed by atoms with Crippen LogP contribution in [0.4, 0.5) is 5.95 Å². The number of hydrogen-bond acceptors (Lipinski definition) is 4. The van der Waals surface area contributed by atoms with Crippen molar-refractivity contribution in [2.24, 2.45) is 0 Å². The fraction of sp³-hybridized carbons (Fsp3) is 0.258. The number of amides is 2. The highest BCUT2D eigenvalue weighted by molar-refractivity contribution is 5.99. The van der Waals surface area contributed by atoms with Gasteiger partial charge in [0.1, 0.15) is 6.54 Å². The molecule has 4 aromatic rings. The highest BCUT2D eigenvalue weighted by atomic mass is 16.2. The molecule has 0 bridgehead atoms. The van der Waals surface area contributed by atoms with Gasteiger partial charge in [0.2, 0.25) is 11.9 Å². The fourth-order valence-electron chi connectivity index (χ4n) is 4.11. The Labute approximate surface area is 224 Å². The maximum absolute atomic E-state index is 13.3. The van der Waals surface area contributed by atoms with Crippen molar-refractivity contribution < 1.29 is 9.59 Å². The lowest BCUT2D eigenvalue weighted by Crippen LogP contribution is -2.41. The van der Waals surface area contributed by atoms with Gasteiger partial charge in [-0.1, -0.05) is 74.5 Å². The Bertz CT molecular complexity index is 1350. The summed E-state index contributed by atoms with van der Waals surface area (Å²) in [5.74, 6) is 0.338. The second kappa shape index (κ2) is 12.3. The van der Waals surface area contributed by atoms with Gasteiger partial charge in [-0.15, -0.1) is 0 Å². The Balaban J connectivity index is 1.61. The molecule has 2 amide bonds. The van der Waals surface area contributed by atoms with Gasteiger partial charge in [-0.25, -0.2) is 4.98 Å². The Kier molecular flexibility index (Phi) is 8.71. The van der Waals surface area contributed by atoms with E-state index in [1.807, 2.05) is 90.4 Å². The van der Waals surface area contributed by atoms with E-state index >= 15 is 0 Å². The Morgan fingerprint density at radius 1 is 0.868 bits per heavy atom. The fourth-order valence-corrected chi connectivity index (χ4v) is 4.11. The van der Waals surface area contributed by atoms with Crippen molar-refractivity contribution in [1.29, 1.82) is 0 Å². The Morgan fingerprint density at radius 2 is 1.50 bits per heavy atom. The summed E-state index contributed by atoms with van der Waals surface area (Å²) >= 11 is 0. The van der Waals surface area contributed by atoms with Crippen LogP contribution >= 0.6 is 0 Å². The smallest absolute Gasteiger partial charge is 0.254 e. The molecule has 4 rings (SSSR count). The minimum atomic E-state index is -0.307. The summed E-state index contributed by atoms with van der Waals surface area (Å²) in [5, 5.41) is 2.97. The quantitative estimate of drug-likeness (QED) is 0.315. The minimum Gasteiger partial charge on any atom is -0.328 e. The van der Waals surface area contributed by atoms with Gasteiger partial charge in [0.15, 0.2) is 0 Å². The van der Waals surface area contributed by atoms with Crippen molar-refractivity contribution >= 4 is 17.8 Å². The second-order valence-corrected chi connectivity index (χ2v) is 9.88. The monoisotopic (exact) mass is 509 g/mol. The van der Waals surface area contributed by atoms with Crippen LogP contribution in [0.2, 0.25) is 0 Å². The van der Waals surface area contributed by atoms with E-state index in [4.69, 9.17) is 4.98 Å². The van der Waals surface area contributed by atoms with Crippen LogP contribution in [0.5, 0.6) is 0 Å². The molecule has 7 nitrogen and oxygen atoms in total. The third kappa shape index (κ3) is 6.75. The van der Waals surface area contributed by atoms with Crippen molar-refractivity contribution in [3.8, 4) is 16.9 Å². The van der Waals surface area contributed by atoms with Crippen LogP contribution in [-0.2, 0) is 4.79 Å². The molecular weight excluding hydrogens is 474 g/mol. The van der Waals surface area contributed by atoms with E-state index in [2.05, 4.69) is 31.3 Å². The van der Waals surface area contributed by atoms with E-state index in [1.165, 1.54) is 5.56 Å². The molecule has 0 aliphatic carbocycles. The lowest BCUT2D eigenvalue weighted by molar-refractivity contribution is -0.117. The molecule has 0 spiro atoms. The van der Waals surface area contributed by atoms with Gasteiger partial charge in [0, 0.05) is 36.1 Å². The number of benzene rings is 3. The number of hydrogen-bond donors (Lipinski definition) is 1. The van der Waals surface area contributed by atoms with Crippen molar-refractivity contribution in [2.45, 2.75) is 19.8 Å². The third-order valence-corrected chi connectivity index (χ3v) is 6.32. The number of rotatable bonds is 10. The van der Waals surface area contributed by atoms with Gasteiger partial charge in [-0.3, -0.25) is 19.5 Å². The Morgan fingerprint density at radius 3 is 2.11 bits per heavy atom. The summed E-state index contributed by atoms with van der Waals surface area (Å²) in [7, 11) is 3.88. The molecule has 1 heterocycles. The lowest BCUT2D eigenvalue weighted by Gasteiger charge is -2.24. The number of nitrogens with zero attached hydrogens (tertiary/aromatic N) is 4. The average Bonchev–Trinajstić information content (AvgIpc) is 3.35. The van der Waals surface area contributed by atoms with Crippen LogP contribution in [0.3, 0.4) is 0 Å². The zero-order valence-electron chi connectivity index (χ0n) is 22.5. The zero-order chi connectivity index (χ0) is 27.1. The van der Waals surface area contributed by atoms with Crippen LogP contribution in [0.15, 0.2) is 91.1 Å². The first-order valence-electron chi connectivity index (χ1n) is 12.9. The molecule has 196 valence electrons. The standard InChI is InChI=1S/C31H35N5O2/c1-23(2)24-15-17-27(18-16-24)36-21-28(25-11-7-5-8-12-25)32-31(36)33-29(37)22-35(20-19-34(3)4)30(38)26-13-9-6-10-14-26/h5-18,21,23H,19-20,22H2,1-4H3,(H,32,33,37). The average molecular weight is 510 g/mol. The predicted molar refractivity (Wildman–Crippen MR) is 153 cm³/mol. The Hall–Kier alpha value is -4.23. The summed E-state index contributed by atoms with van der Waals surface area (Å²) in [5.41, 5.74) is 4.38. The van der Waals surface area contributed by atoms with E-state index in [0.29, 0.717) is 30.5 Å². The molecule has 1 N–H and O–H groups in total. The first kappa shape index (κ1) is 26.8. The van der Waals surface area contributed by atoms with E-state index in [0.717, 1.165) is 16.9 Å². The maximum atomic E-state index is 13.3. The van der Waals surface area contributed by atoms with E-state index in [-0.39, 0.29) is 18.4 Å². The molecular formula is C31H35N5O2. The molecule has 0 saturated heterocycles. The normalized spacial score (nSPS) is 11.1. The number of aromatic nitrogens is 2. The van der Waals surface area contributed by atoms with E-state index in [9.17, 15) is 9.59 Å². The first-order chi connectivity index (χ1) is 18.3. The molecule has 38 heavy (non-hydrogen) atoms. The van der Waals surface area contributed by atoms with Crippen LogP contribution in [-0.4, -0.2) is 64.9 Å². The number of carbonyl (C=O) groups excluding carboxylic acids is 2. The number of anilines is 1. The second-order valence-electron chi connectivity index (χ2n) is 9.88. The zero-order valence-corrected chi connectivity index (χ0v) is 22.5. The van der Waals surface area contributed by atoms with Gasteiger partial charge in [-0.05, 0) is 49.8 Å². The van der Waals surface area contributed by atoms with Gasteiger partial charge >= 0.3 is 0 Å². The third-order valence-electron chi connectivity index (χ3n) is 6.32. The summed E-state index contributed by atoms with van der Waals surface area (Å²) < 4.78 is 1.88. The van der Waals surface area contributed by atoms with Gasteiger partial charge < -0.3 is 9.80 Å². The van der Waals surface area contributed by atoms with Crippen LogP contribution in [0, 0.1) is 0 Å². The number of imidazole rings is 1. The largest absolute Gasteiger partial charge is 0.328 e. The summed E-state index contributed by atoms with van der Waals surface area (Å²) in [4.78, 5) is 34.8. The molecule has 7 heteroatoms. The molecule has 1 aromatic heterocycles. The van der Waals surface area contributed by atoms with Gasteiger partial charge in [-0.2, -0.15) is 0 Å². The molecule has 0 atom stereocenters. The number of carbonyl (C=O) groups is 2. The summed E-state index contributed by atoms with van der Waals surface area (Å²) in [6.07, 6.45) is 1.92. The number of likely N-dealkylation sites (N-methyl/N-ethyl adjacent to an activating group) is 1. The maximum Gasteiger partial charge on any atom is 0.254 e. The van der Waals surface area contributed by atoms with Crippen molar-refractivity contribution in [1.82, 2.24) is 19.4 Å². The highest BCUT2D eigenvalue weighted by Crippen LogP contribution is 2.25. The topological polar surface area (TPSA) is 70.5 Å².